The van der Waals surface area contributed by atoms with Crippen LogP contribution in [0.3, 0.4) is 0 Å². The van der Waals surface area contributed by atoms with Crippen LogP contribution in [0.25, 0.3) is 0 Å². The number of ether oxygens (including phenoxy) is 1. The van der Waals surface area contributed by atoms with Crippen LogP contribution in [0.2, 0.25) is 0 Å². The van der Waals surface area contributed by atoms with Crippen LogP contribution in [0, 0.1) is 0 Å². The minimum atomic E-state index is -1.87. The normalized spacial score (nSPS) is 12.4. The number of hydrogen-bond acceptors (Lipinski definition) is 4. The summed E-state index contributed by atoms with van der Waals surface area (Å²) in [6, 6.07) is 25.2. The minimum Gasteiger partial charge on any atom is -0.466 e. The SMILES string of the molecule is O=C(NC(Oc1ccc(/C=N/Nc2ccccc2)cc1)C(Cl)(Cl)Cl)c1ccccc1. The average molecular weight is 463 g/mol. The molecular formula is C22H18Cl3N3O2. The van der Waals surface area contributed by atoms with Gasteiger partial charge in [0, 0.05) is 5.56 Å². The van der Waals surface area contributed by atoms with Crippen LogP contribution >= 0.6 is 34.8 Å². The van der Waals surface area contributed by atoms with Gasteiger partial charge >= 0.3 is 0 Å². The highest BCUT2D eigenvalue weighted by Gasteiger charge is 2.36. The third-order valence-corrected chi connectivity index (χ3v) is 4.51. The van der Waals surface area contributed by atoms with Crippen molar-refractivity contribution in [2.75, 3.05) is 5.43 Å². The lowest BCUT2D eigenvalue weighted by Gasteiger charge is -2.26. The maximum Gasteiger partial charge on any atom is 0.254 e. The predicted octanol–water partition coefficient (Wildman–Crippen LogP) is 5.64. The van der Waals surface area contributed by atoms with E-state index in [-0.39, 0.29) is 0 Å². The highest BCUT2D eigenvalue weighted by molar-refractivity contribution is 6.68. The molecule has 30 heavy (non-hydrogen) atoms. The van der Waals surface area contributed by atoms with Crippen LogP contribution in [0.5, 0.6) is 5.75 Å². The van der Waals surface area contributed by atoms with Gasteiger partial charge in [0.25, 0.3) is 5.91 Å². The summed E-state index contributed by atoms with van der Waals surface area (Å²) in [4.78, 5) is 12.4. The number of para-hydroxylation sites is 1. The number of anilines is 1. The third kappa shape index (κ3) is 6.66. The first-order valence-electron chi connectivity index (χ1n) is 8.95. The fourth-order valence-electron chi connectivity index (χ4n) is 2.43. The second kappa shape index (κ2) is 10.3. The fourth-order valence-corrected chi connectivity index (χ4v) is 2.73. The van der Waals surface area contributed by atoms with E-state index in [0.717, 1.165) is 11.3 Å². The van der Waals surface area contributed by atoms with Crippen molar-refractivity contribution in [1.82, 2.24) is 5.32 Å². The van der Waals surface area contributed by atoms with Crippen LogP contribution in [0.1, 0.15) is 15.9 Å². The van der Waals surface area contributed by atoms with Gasteiger partial charge in [0.15, 0.2) is 0 Å². The Kier molecular flexibility index (Phi) is 7.57. The maximum absolute atomic E-state index is 12.4. The number of nitrogens with one attached hydrogen (secondary N) is 2. The molecule has 0 aliphatic carbocycles. The molecule has 5 nitrogen and oxygen atoms in total. The Labute approximate surface area is 189 Å². The molecule has 1 unspecified atom stereocenters. The molecule has 3 aromatic carbocycles. The van der Waals surface area contributed by atoms with E-state index in [1.807, 2.05) is 30.3 Å². The number of nitrogens with zero attached hydrogens (tertiary/aromatic N) is 1. The van der Waals surface area contributed by atoms with Crippen molar-refractivity contribution in [3.63, 3.8) is 0 Å². The Morgan fingerprint density at radius 2 is 1.50 bits per heavy atom. The lowest BCUT2D eigenvalue weighted by atomic mass is 10.2. The summed E-state index contributed by atoms with van der Waals surface area (Å²) in [6.07, 6.45) is 0.481. The van der Waals surface area contributed by atoms with Gasteiger partial charge in [-0.1, -0.05) is 71.2 Å². The van der Waals surface area contributed by atoms with Gasteiger partial charge in [-0.2, -0.15) is 5.10 Å². The predicted molar refractivity (Wildman–Crippen MR) is 123 cm³/mol. The molecule has 0 saturated heterocycles. The quantitative estimate of drug-likeness (QED) is 0.207. The van der Waals surface area contributed by atoms with Gasteiger partial charge in [-0.15, -0.1) is 0 Å². The van der Waals surface area contributed by atoms with Gasteiger partial charge in [-0.25, -0.2) is 0 Å². The number of halogens is 3. The van der Waals surface area contributed by atoms with Crippen molar-refractivity contribution >= 4 is 52.6 Å². The summed E-state index contributed by atoms with van der Waals surface area (Å²) in [5.74, 6) is 0.00974. The number of carbonyl (C=O) groups is 1. The highest BCUT2D eigenvalue weighted by Crippen LogP contribution is 2.32. The molecule has 2 N–H and O–H groups in total. The van der Waals surface area contributed by atoms with Crippen molar-refractivity contribution < 1.29 is 9.53 Å². The van der Waals surface area contributed by atoms with E-state index < -0.39 is 15.9 Å². The number of alkyl halides is 3. The van der Waals surface area contributed by atoms with E-state index in [0.29, 0.717) is 11.3 Å². The zero-order chi connectivity index (χ0) is 21.4. The number of hydrogen-bond donors (Lipinski definition) is 2. The van der Waals surface area contributed by atoms with E-state index in [1.54, 1.807) is 60.8 Å². The molecule has 1 atom stereocenters. The molecule has 0 bridgehead atoms. The fraction of sp³-hybridized carbons (Fsp3) is 0.0909. The molecule has 0 spiro atoms. The Morgan fingerprint density at radius 3 is 2.10 bits per heavy atom. The maximum atomic E-state index is 12.4. The van der Waals surface area contributed by atoms with Crippen LogP contribution in [0.4, 0.5) is 5.69 Å². The van der Waals surface area contributed by atoms with Crippen molar-refractivity contribution in [1.29, 1.82) is 0 Å². The Balaban J connectivity index is 1.63. The number of carbonyl (C=O) groups excluding carboxylic acids is 1. The zero-order valence-corrected chi connectivity index (χ0v) is 17.9. The van der Waals surface area contributed by atoms with E-state index in [1.165, 1.54) is 0 Å². The Hall–Kier alpha value is -2.73. The van der Waals surface area contributed by atoms with Gasteiger partial charge in [0.05, 0.1) is 11.9 Å². The van der Waals surface area contributed by atoms with Crippen LogP contribution in [-0.4, -0.2) is 22.1 Å². The summed E-state index contributed by atoms with van der Waals surface area (Å²) in [6.45, 7) is 0. The van der Waals surface area contributed by atoms with Gasteiger partial charge < -0.3 is 10.1 Å². The van der Waals surface area contributed by atoms with Gasteiger partial charge in [0.1, 0.15) is 5.75 Å². The number of hydrazone groups is 1. The van der Waals surface area contributed by atoms with Gasteiger partial charge in [-0.3, -0.25) is 10.2 Å². The molecule has 0 fully saturated rings. The first-order valence-corrected chi connectivity index (χ1v) is 10.1. The van der Waals surface area contributed by atoms with Crippen molar-refractivity contribution in [2.24, 2.45) is 5.10 Å². The summed E-state index contributed by atoms with van der Waals surface area (Å²) in [5.41, 5.74) is 5.08. The standard InChI is InChI=1S/C22H18Cl3N3O2/c23-22(24,25)21(27-20(29)17-7-3-1-4-8-17)30-19-13-11-16(12-14-19)15-26-28-18-9-5-2-6-10-18/h1-15,21,28H,(H,27,29)/b26-15+. The van der Waals surface area contributed by atoms with E-state index >= 15 is 0 Å². The highest BCUT2D eigenvalue weighted by atomic mass is 35.6. The molecule has 8 heteroatoms. The van der Waals surface area contributed by atoms with Crippen molar-refractivity contribution in [3.05, 3.63) is 96.1 Å². The topological polar surface area (TPSA) is 62.7 Å². The molecule has 0 aromatic heterocycles. The number of rotatable bonds is 7. The number of amides is 1. The summed E-state index contributed by atoms with van der Waals surface area (Å²) in [5, 5.41) is 6.77. The van der Waals surface area contributed by atoms with E-state index in [2.05, 4.69) is 15.8 Å². The largest absolute Gasteiger partial charge is 0.466 e. The molecule has 0 heterocycles. The van der Waals surface area contributed by atoms with Crippen molar-refractivity contribution in [3.8, 4) is 5.75 Å². The van der Waals surface area contributed by atoms with Crippen molar-refractivity contribution in [2.45, 2.75) is 10.0 Å². The first kappa shape index (κ1) is 22.0. The smallest absolute Gasteiger partial charge is 0.254 e. The zero-order valence-electron chi connectivity index (χ0n) is 15.6. The van der Waals surface area contributed by atoms with Gasteiger partial charge in [-0.05, 0) is 54.1 Å². The molecule has 0 aliphatic heterocycles. The Bertz CT molecular complexity index is 976. The van der Waals surface area contributed by atoms with Gasteiger partial charge in [0.2, 0.25) is 10.0 Å². The third-order valence-electron chi connectivity index (χ3n) is 3.91. The summed E-state index contributed by atoms with van der Waals surface area (Å²) < 4.78 is 3.84. The molecule has 3 rings (SSSR count). The van der Waals surface area contributed by atoms with Crippen LogP contribution in [-0.2, 0) is 0 Å². The Morgan fingerprint density at radius 1 is 0.900 bits per heavy atom. The summed E-state index contributed by atoms with van der Waals surface area (Å²) in [7, 11) is 0. The lowest BCUT2D eigenvalue weighted by Crippen LogP contribution is -2.47. The molecule has 0 saturated carbocycles. The molecule has 0 aliphatic rings. The summed E-state index contributed by atoms with van der Waals surface area (Å²) >= 11 is 18.0. The molecular weight excluding hydrogens is 445 g/mol. The minimum absolute atomic E-state index is 0.414. The van der Waals surface area contributed by atoms with E-state index in [4.69, 9.17) is 39.5 Å². The number of benzene rings is 3. The molecule has 154 valence electrons. The second-order valence-electron chi connectivity index (χ2n) is 6.18. The average Bonchev–Trinajstić information content (AvgIpc) is 2.75. The first-order chi connectivity index (χ1) is 14.4. The monoisotopic (exact) mass is 461 g/mol. The molecule has 0 radical (unpaired) electrons. The van der Waals surface area contributed by atoms with E-state index in [9.17, 15) is 4.79 Å². The second-order valence-corrected chi connectivity index (χ2v) is 8.55. The van der Waals surface area contributed by atoms with Crippen LogP contribution < -0.4 is 15.5 Å². The molecule has 1 amide bonds. The van der Waals surface area contributed by atoms with Crippen LogP contribution in [0.15, 0.2) is 90.0 Å². The molecule has 3 aromatic rings. The lowest BCUT2D eigenvalue weighted by molar-refractivity contribution is 0.0833.